The predicted molar refractivity (Wildman–Crippen MR) is 129 cm³/mol. The maximum Gasteiger partial charge on any atom is 0.437 e. The number of carbonyl (C=O) groups is 3. The highest BCUT2D eigenvalue weighted by Gasteiger charge is 2.35. The highest BCUT2D eigenvalue weighted by atomic mass is 19.1. The number of halogens is 2. The van der Waals surface area contributed by atoms with E-state index in [1.54, 1.807) is 55.6 Å². The number of urea groups is 1. The molecule has 1 heterocycles. The molecule has 2 rings (SSSR count). The third kappa shape index (κ3) is 7.79. The fourth-order valence-electron chi connectivity index (χ4n) is 3.27. The fraction of sp³-hybridized carbons (Fsp3) is 0.583. The van der Waals surface area contributed by atoms with Crippen molar-refractivity contribution in [3.63, 3.8) is 0 Å². The van der Waals surface area contributed by atoms with Crippen molar-refractivity contribution in [3.8, 4) is 0 Å². The summed E-state index contributed by atoms with van der Waals surface area (Å²) in [6.45, 7) is 10.8. The van der Waals surface area contributed by atoms with Crippen LogP contribution in [0.25, 0.3) is 0 Å². The van der Waals surface area contributed by atoms with Gasteiger partial charge in [-0.3, -0.25) is 0 Å². The first-order chi connectivity index (χ1) is 16.4. The molecule has 1 aromatic carbocycles. The summed E-state index contributed by atoms with van der Waals surface area (Å²) < 4.78 is 39.5. The number of hydrogen-bond acceptors (Lipinski definition) is 5. The van der Waals surface area contributed by atoms with Gasteiger partial charge < -0.3 is 24.2 Å². The summed E-state index contributed by atoms with van der Waals surface area (Å²) in [4.78, 5) is 47.6. The van der Waals surface area contributed by atoms with E-state index in [9.17, 15) is 23.2 Å². The van der Waals surface area contributed by atoms with Crippen LogP contribution in [0.5, 0.6) is 0 Å². The van der Waals surface area contributed by atoms with Gasteiger partial charge in [0, 0.05) is 19.7 Å². The number of guanidine groups is 1. The predicted octanol–water partition coefficient (Wildman–Crippen LogP) is 4.52. The lowest BCUT2D eigenvalue weighted by Gasteiger charge is -2.42. The molecule has 0 N–H and O–H groups in total. The number of benzene rings is 1. The Kier molecular flexibility index (Phi) is 8.53. The third-order valence-electron chi connectivity index (χ3n) is 4.82. The largest absolute Gasteiger partial charge is 0.443 e. The van der Waals surface area contributed by atoms with Crippen LogP contribution < -0.4 is 0 Å². The lowest BCUT2D eigenvalue weighted by Crippen LogP contribution is -2.60. The van der Waals surface area contributed by atoms with Crippen LogP contribution in [-0.2, 0) is 16.0 Å². The smallest absolute Gasteiger partial charge is 0.437 e. The molecule has 0 aliphatic carbocycles. The van der Waals surface area contributed by atoms with Gasteiger partial charge in [0.05, 0.1) is 19.9 Å². The summed E-state index contributed by atoms with van der Waals surface area (Å²) in [5, 5.41) is 0. The van der Waals surface area contributed by atoms with Crippen LogP contribution in [-0.4, -0.2) is 82.4 Å². The van der Waals surface area contributed by atoms with E-state index >= 15 is 0 Å². The van der Waals surface area contributed by atoms with Crippen molar-refractivity contribution in [2.75, 3.05) is 27.4 Å². The number of aliphatic imine (C=N–C) groups is 1. The minimum atomic E-state index is -0.991. The average Bonchev–Trinajstić information content (AvgIpc) is 2.69. The molecule has 0 radical (unpaired) electrons. The molecule has 0 atom stereocenters. The molecule has 12 heteroatoms. The Hall–Kier alpha value is -3.44. The normalized spacial score (nSPS) is 15.2. The zero-order valence-electron chi connectivity index (χ0n) is 22.3. The lowest BCUT2D eigenvalue weighted by molar-refractivity contribution is 0.0300. The molecule has 0 unspecified atom stereocenters. The first kappa shape index (κ1) is 28.8. The number of ether oxygens (including phenoxy) is 2. The van der Waals surface area contributed by atoms with Gasteiger partial charge in [-0.1, -0.05) is 0 Å². The summed E-state index contributed by atoms with van der Waals surface area (Å²) in [7, 11) is 3.08. The van der Waals surface area contributed by atoms with Crippen LogP contribution in [0.15, 0.2) is 17.1 Å². The van der Waals surface area contributed by atoms with Crippen LogP contribution in [0.4, 0.5) is 23.2 Å². The van der Waals surface area contributed by atoms with Gasteiger partial charge in [0.25, 0.3) is 0 Å². The summed E-state index contributed by atoms with van der Waals surface area (Å²) in [5.41, 5.74) is -1.87. The molecular weight excluding hydrogens is 476 g/mol. The van der Waals surface area contributed by atoms with Gasteiger partial charge >= 0.3 is 18.2 Å². The molecule has 1 fully saturated rings. The van der Waals surface area contributed by atoms with Crippen LogP contribution >= 0.6 is 0 Å². The molecular formula is C24H35F2N5O5. The summed E-state index contributed by atoms with van der Waals surface area (Å²) in [6, 6.07) is 1.91. The Balaban J connectivity index is 2.63. The van der Waals surface area contributed by atoms with Gasteiger partial charge in [-0.2, -0.15) is 0 Å². The summed E-state index contributed by atoms with van der Waals surface area (Å²) >= 11 is 0. The number of carbonyl (C=O) groups excluding carboxylic acids is 3. The first-order valence-electron chi connectivity index (χ1n) is 11.4. The highest BCUT2D eigenvalue weighted by molar-refractivity contribution is 5.99. The Morgan fingerprint density at radius 3 is 1.89 bits per heavy atom. The molecule has 1 saturated heterocycles. The van der Waals surface area contributed by atoms with E-state index in [0.29, 0.717) is 0 Å². The molecule has 0 bridgehead atoms. The zero-order chi connectivity index (χ0) is 27.6. The van der Waals surface area contributed by atoms with E-state index < -0.39 is 35.0 Å². The van der Waals surface area contributed by atoms with Gasteiger partial charge in [-0.15, -0.1) is 4.99 Å². The Labute approximate surface area is 210 Å². The third-order valence-corrected chi connectivity index (χ3v) is 4.82. The molecule has 1 aliphatic heterocycles. The van der Waals surface area contributed by atoms with Crippen molar-refractivity contribution in [2.45, 2.75) is 66.2 Å². The van der Waals surface area contributed by atoms with E-state index in [1.165, 1.54) is 21.6 Å². The zero-order valence-corrected chi connectivity index (χ0v) is 22.3. The Bertz CT molecular complexity index is 1010. The Morgan fingerprint density at radius 1 is 0.972 bits per heavy atom. The van der Waals surface area contributed by atoms with Gasteiger partial charge in [-0.25, -0.2) is 28.1 Å². The standard InChI is InChI=1S/C24H35F2N5O5/c1-15-17(25)10-16(11-18(15)26)12-31(22(34)36-24(5,6)7)19(27-20(32)35-23(2,3)4)30-13-28(8)21(33)29(9)14-30/h10-11H,12-14H2,1-9H3/b27-19-. The molecule has 0 spiro atoms. The van der Waals surface area contributed by atoms with Crippen molar-refractivity contribution in [3.05, 3.63) is 34.9 Å². The van der Waals surface area contributed by atoms with Crippen LogP contribution in [0.3, 0.4) is 0 Å². The Morgan fingerprint density at radius 2 is 1.44 bits per heavy atom. The first-order valence-corrected chi connectivity index (χ1v) is 11.4. The van der Waals surface area contributed by atoms with Crippen molar-refractivity contribution in [1.82, 2.24) is 19.6 Å². The van der Waals surface area contributed by atoms with Gasteiger partial charge in [0.15, 0.2) is 0 Å². The van der Waals surface area contributed by atoms with Crippen molar-refractivity contribution < 1.29 is 32.6 Å². The number of rotatable bonds is 2. The minimum Gasteiger partial charge on any atom is -0.443 e. The monoisotopic (exact) mass is 511 g/mol. The fourth-order valence-corrected chi connectivity index (χ4v) is 3.27. The maximum absolute atomic E-state index is 14.3. The molecule has 200 valence electrons. The number of amides is 4. The van der Waals surface area contributed by atoms with Gasteiger partial charge in [0.2, 0.25) is 5.96 Å². The number of nitrogens with zero attached hydrogens (tertiary/aromatic N) is 5. The minimum absolute atomic E-state index is 0.0271. The molecule has 0 saturated carbocycles. The van der Waals surface area contributed by atoms with Crippen molar-refractivity contribution >= 4 is 24.2 Å². The van der Waals surface area contributed by atoms with E-state index in [2.05, 4.69) is 4.99 Å². The SMILES string of the molecule is Cc1c(F)cc(CN(C(=O)OC(C)(C)C)/C(=N\C(=O)OC(C)(C)C)N2CN(C)C(=O)N(C)C2)cc1F. The second-order valence-electron chi connectivity index (χ2n) is 10.6. The lowest BCUT2D eigenvalue weighted by atomic mass is 10.1. The van der Waals surface area contributed by atoms with Crippen molar-refractivity contribution in [2.24, 2.45) is 4.99 Å². The molecule has 36 heavy (non-hydrogen) atoms. The van der Waals surface area contributed by atoms with Crippen LogP contribution in [0.1, 0.15) is 52.7 Å². The van der Waals surface area contributed by atoms with E-state index in [-0.39, 0.29) is 43.0 Å². The second kappa shape index (κ2) is 10.7. The van der Waals surface area contributed by atoms with E-state index in [1.807, 2.05) is 0 Å². The van der Waals surface area contributed by atoms with Crippen LogP contribution in [0, 0.1) is 18.6 Å². The van der Waals surface area contributed by atoms with E-state index in [4.69, 9.17) is 9.47 Å². The molecule has 1 aliphatic rings. The summed E-state index contributed by atoms with van der Waals surface area (Å²) in [6.07, 6.45) is -1.90. The van der Waals surface area contributed by atoms with Gasteiger partial charge in [-0.05, 0) is 66.2 Å². The van der Waals surface area contributed by atoms with Gasteiger partial charge in [0.1, 0.15) is 22.8 Å². The molecule has 10 nitrogen and oxygen atoms in total. The number of hydrogen-bond donors (Lipinski definition) is 0. The average molecular weight is 512 g/mol. The topological polar surface area (TPSA) is 95.0 Å². The molecule has 1 aromatic rings. The van der Waals surface area contributed by atoms with E-state index in [0.717, 1.165) is 17.0 Å². The molecule has 0 aromatic heterocycles. The van der Waals surface area contributed by atoms with Crippen molar-refractivity contribution in [1.29, 1.82) is 0 Å². The highest BCUT2D eigenvalue weighted by Crippen LogP contribution is 2.21. The maximum atomic E-state index is 14.3. The molecule has 4 amide bonds. The summed E-state index contributed by atoms with van der Waals surface area (Å²) in [5.74, 6) is -1.78. The quantitative estimate of drug-likeness (QED) is 0.428. The van der Waals surface area contributed by atoms with Crippen LogP contribution in [0.2, 0.25) is 0 Å². The second-order valence-corrected chi connectivity index (χ2v) is 10.6.